The van der Waals surface area contributed by atoms with E-state index in [4.69, 9.17) is 4.74 Å². The number of hydrogen-bond donors (Lipinski definition) is 1. The molecule has 1 fully saturated rings. The van der Waals surface area contributed by atoms with Crippen molar-refractivity contribution in [2.75, 3.05) is 38.7 Å². The van der Waals surface area contributed by atoms with Crippen molar-refractivity contribution in [2.24, 2.45) is 0 Å². The first-order valence-electron chi connectivity index (χ1n) is 7.38. The molecule has 1 aromatic carbocycles. The van der Waals surface area contributed by atoms with Gasteiger partial charge in [-0.1, -0.05) is 6.07 Å². The molecule has 1 atom stereocenters. The van der Waals surface area contributed by atoms with Crippen molar-refractivity contribution in [2.45, 2.75) is 25.9 Å². The minimum atomic E-state index is -0.652. The number of aliphatic hydroxyl groups excluding tert-OH is 1. The van der Waals surface area contributed by atoms with Crippen molar-refractivity contribution in [1.82, 2.24) is 4.90 Å². The van der Waals surface area contributed by atoms with Gasteiger partial charge in [0.25, 0.3) is 0 Å². The molecule has 0 spiro atoms. The number of carbonyl (C=O) groups is 1. The molecule has 1 N–H and O–H groups in total. The largest absolute Gasteiger partial charge is 0.496 e. The van der Waals surface area contributed by atoms with Gasteiger partial charge in [0.1, 0.15) is 5.75 Å². The summed E-state index contributed by atoms with van der Waals surface area (Å²) >= 11 is 0. The average molecular weight is 292 g/mol. The molecule has 0 radical (unpaired) electrons. The first-order chi connectivity index (χ1) is 10.0. The maximum atomic E-state index is 12.3. The van der Waals surface area contributed by atoms with Gasteiger partial charge in [-0.3, -0.25) is 4.79 Å². The quantitative estimate of drug-likeness (QED) is 0.899. The number of aliphatic hydroxyl groups is 1. The second-order valence-electron chi connectivity index (χ2n) is 5.51. The number of likely N-dealkylation sites (N-methyl/N-ethyl adjacent to an activating group) is 1. The minimum Gasteiger partial charge on any atom is -0.496 e. The maximum absolute atomic E-state index is 12.3. The van der Waals surface area contributed by atoms with Gasteiger partial charge in [0.2, 0.25) is 5.91 Å². The number of likely N-dealkylation sites (tertiary alicyclic amines) is 1. The van der Waals surface area contributed by atoms with Gasteiger partial charge in [0.05, 0.1) is 19.8 Å². The van der Waals surface area contributed by atoms with Crippen LogP contribution in [0.5, 0.6) is 5.75 Å². The van der Waals surface area contributed by atoms with E-state index in [0.29, 0.717) is 12.3 Å². The van der Waals surface area contributed by atoms with Gasteiger partial charge in [-0.05, 0) is 31.9 Å². The van der Waals surface area contributed by atoms with Crippen LogP contribution in [0.1, 0.15) is 31.4 Å². The summed E-state index contributed by atoms with van der Waals surface area (Å²) in [5.74, 6) is 0.775. The fraction of sp³-hybridized carbons (Fsp3) is 0.562. The van der Waals surface area contributed by atoms with Crippen LogP contribution in [0.3, 0.4) is 0 Å². The van der Waals surface area contributed by atoms with Gasteiger partial charge in [0, 0.05) is 31.4 Å². The molecule has 5 heteroatoms. The lowest BCUT2D eigenvalue weighted by molar-refractivity contribution is -0.128. The summed E-state index contributed by atoms with van der Waals surface area (Å²) in [6.07, 6.45) is 1.53. The summed E-state index contributed by atoms with van der Waals surface area (Å²) in [5.41, 5.74) is 1.55. The van der Waals surface area contributed by atoms with Crippen molar-refractivity contribution >= 4 is 11.6 Å². The molecule has 0 aliphatic carbocycles. The van der Waals surface area contributed by atoms with E-state index >= 15 is 0 Å². The number of amides is 1. The summed E-state index contributed by atoms with van der Waals surface area (Å²) in [7, 11) is 3.45. The van der Waals surface area contributed by atoms with Crippen molar-refractivity contribution in [3.05, 3.63) is 23.8 Å². The summed E-state index contributed by atoms with van der Waals surface area (Å²) in [6.45, 7) is 3.73. The third-order valence-electron chi connectivity index (χ3n) is 3.92. The molecule has 1 aliphatic rings. The minimum absolute atomic E-state index is 0.134. The van der Waals surface area contributed by atoms with Gasteiger partial charge in [-0.25, -0.2) is 0 Å². The fourth-order valence-corrected chi connectivity index (χ4v) is 2.82. The zero-order valence-electron chi connectivity index (χ0n) is 13.0. The van der Waals surface area contributed by atoms with Crippen LogP contribution in [0, 0.1) is 0 Å². The number of hydrogen-bond acceptors (Lipinski definition) is 4. The van der Waals surface area contributed by atoms with E-state index in [0.717, 1.165) is 37.2 Å². The molecule has 116 valence electrons. The van der Waals surface area contributed by atoms with Crippen molar-refractivity contribution < 1.29 is 14.6 Å². The average Bonchev–Trinajstić information content (AvgIpc) is 3.00. The molecule has 1 aromatic rings. The van der Waals surface area contributed by atoms with Crippen molar-refractivity contribution in [3.63, 3.8) is 0 Å². The molecular weight excluding hydrogens is 268 g/mol. The van der Waals surface area contributed by atoms with E-state index in [-0.39, 0.29) is 5.91 Å². The number of methoxy groups -OCH3 is 1. The maximum Gasteiger partial charge on any atom is 0.242 e. The Labute approximate surface area is 126 Å². The predicted octanol–water partition coefficient (Wildman–Crippen LogP) is 1.81. The highest BCUT2D eigenvalue weighted by molar-refractivity contribution is 5.82. The van der Waals surface area contributed by atoms with E-state index < -0.39 is 6.10 Å². The summed E-state index contributed by atoms with van der Waals surface area (Å²) in [4.78, 5) is 16.0. The van der Waals surface area contributed by atoms with E-state index in [1.807, 2.05) is 35.0 Å². The molecule has 1 heterocycles. The zero-order valence-corrected chi connectivity index (χ0v) is 13.0. The van der Waals surface area contributed by atoms with Gasteiger partial charge in [0.15, 0.2) is 0 Å². The molecular formula is C16H24N2O3. The van der Waals surface area contributed by atoms with Crippen LogP contribution in [0.15, 0.2) is 18.2 Å². The Morgan fingerprint density at radius 2 is 2.10 bits per heavy atom. The second-order valence-corrected chi connectivity index (χ2v) is 5.51. The second kappa shape index (κ2) is 6.80. The topological polar surface area (TPSA) is 53.0 Å². The first kappa shape index (κ1) is 15.6. The Morgan fingerprint density at radius 1 is 1.43 bits per heavy atom. The van der Waals surface area contributed by atoms with Crippen LogP contribution in [0.4, 0.5) is 5.69 Å². The molecule has 1 aliphatic heterocycles. The molecule has 0 saturated carbocycles. The Kier molecular flexibility index (Phi) is 5.07. The SMILES string of the molecule is COc1cccc(N(C)CC(=O)N2CCCC2)c1[C@@H](C)O. The molecule has 1 saturated heterocycles. The highest BCUT2D eigenvalue weighted by atomic mass is 16.5. The number of rotatable bonds is 5. The van der Waals surface area contributed by atoms with Crippen molar-refractivity contribution in [3.8, 4) is 5.75 Å². The van der Waals surface area contributed by atoms with Gasteiger partial charge in [-0.15, -0.1) is 0 Å². The number of anilines is 1. The highest BCUT2D eigenvalue weighted by Crippen LogP contribution is 2.34. The third-order valence-corrected chi connectivity index (χ3v) is 3.92. The van der Waals surface area contributed by atoms with Crippen LogP contribution in [0.25, 0.3) is 0 Å². The summed E-state index contributed by atoms with van der Waals surface area (Å²) in [5, 5.41) is 10.0. The summed E-state index contributed by atoms with van der Waals surface area (Å²) in [6, 6.07) is 5.60. The Bertz CT molecular complexity index is 496. The lowest BCUT2D eigenvalue weighted by Gasteiger charge is -2.26. The van der Waals surface area contributed by atoms with E-state index in [2.05, 4.69) is 0 Å². The first-order valence-corrected chi connectivity index (χ1v) is 7.38. The summed E-state index contributed by atoms with van der Waals surface area (Å²) < 4.78 is 5.32. The fourth-order valence-electron chi connectivity index (χ4n) is 2.82. The Morgan fingerprint density at radius 3 is 2.67 bits per heavy atom. The normalized spacial score (nSPS) is 15.9. The molecule has 5 nitrogen and oxygen atoms in total. The molecule has 0 aromatic heterocycles. The standard InChI is InChI=1S/C16H24N2O3/c1-12(19)16-13(7-6-8-14(16)21-3)17(2)11-15(20)18-9-4-5-10-18/h6-8,12,19H,4-5,9-11H2,1-3H3/t12-/m1/s1. The van der Waals surface area contributed by atoms with E-state index in [9.17, 15) is 9.90 Å². The highest BCUT2D eigenvalue weighted by Gasteiger charge is 2.22. The van der Waals surface area contributed by atoms with Crippen LogP contribution in [-0.2, 0) is 4.79 Å². The van der Waals surface area contributed by atoms with E-state index in [1.54, 1.807) is 14.0 Å². The molecule has 0 unspecified atom stereocenters. The van der Waals surface area contributed by atoms with Gasteiger partial charge in [-0.2, -0.15) is 0 Å². The van der Waals surface area contributed by atoms with Crippen LogP contribution >= 0.6 is 0 Å². The molecule has 2 rings (SSSR count). The number of nitrogens with zero attached hydrogens (tertiary/aromatic N) is 2. The Balaban J connectivity index is 2.18. The van der Waals surface area contributed by atoms with Crippen LogP contribution in [-0.4, -0.2) is 49.7 Å². The molecule has 0 bridgehead atoms. The predicted molar refractivity (Wildman–Crippen MR) is 82.7 cm³/mol. The molecule has 21 heavy (non-hydrogen) atoms. The van der Waals surface area contributed by atoms with E-state index in [1.165, 1.54) is 0 Å². The number of carbonyl (C=O) groups excluding carboxylic acids is 1. The van der Waals surface area contributed by atoms with Crippen molar-refractivity contribution in [1.29, 1.82) is 0 Å². The molecule has 1 amide bonds. The number of benzene rings is 1. The van der Waals surface area contributed by atoms with Crippen LogP contribution < -0.4 is 9.64 Å². The number of ether oxygens (including phenoxy) is 1. The smallest absolute Gasteiger partial charge is 0.242 e. The monoisotopic (exact) mass is 292 g/mol. The van der Waals surface area contributed by atoms with Gasteiger partial charge >= 0.3 is 0 Å². The van der Waals surface area contributed by atoms with Gasteiger partial charge < -0.3 is 19.6 Å². The Hall–Kier alpha value is -1.75. The van der Waals surface area contributed by atoms with Crippen LogP contribution in [0.2, 0.25) is 0 Å². The lowest BCUT2D eigenvalue weighted by Crippen LogP contribution is -2.37. The lowest BCUT2D eigenvalue weighted by atomic mass is 10.1. The zero-order chi connectivity index (χ0) is 15.4. The third kappa shape index (κ3) is 3.47.